The van der Waals surface area contributed by atoms with E-state index in [4.69, 9.17) is 12.2 Å². The lowest BCUT2D eigenvalue weighted by molar-refractivity contribution is -0.132. The SMILES string of the molecule is C/C(=N\C(C(=O)N1CC(F)(F)C[C@@H]1C)C(=S)c1cnc(NC2(C)CCC2)cc1C(F)F)C(=O)NC1CCS(=O)(=O)CC1. The smallest absolute Gasteiger partial charge is 0.267 e. The van der Waals surface area contributed by atoms with Gasteiger partial charge in [0.25, 0.3) is 24.2 Å². The van der Waals surface area contributed by atoms with Crippen molar-refractivity contribution in [2.45, 2.75) is 95.3 Å². The fourth-order valence-corrected chi connectivity index (χ4v) is 7.30. The molecule has 2 saturated heterocycles. The molecule has 1 aromatic heterocycles. The van der Waals surface area contributed by atoms with E-state index in [9.17, 15) is 35.6 Å². The third-order valence-corrected chi connectivity index (χ3v) is 10.3. The molecule has 4 rings (SSSR count). The highest BCUT2D eigenvalue weighted by Crippen LogP contribution is 2.36. The van der Waals surface area contributed by atoms with Crippen molar-refractivity contribution in [3.63, 3.8) is 0 Å². The summed E-state index contributed by atoms with van der Waals surface area (Å²) in [5, 5.41) is 5.83. The number of nitrogens with one attached hydrogen (secondary N) is 2. The molecule has 42 heavy (non-hydrogen) atoms. The molecule has 2 amide bonds. The van der Waals surface area contributed by atoms with Gasteiger partial charge in [-0.15, -0.1) is 0 Å². The number of aromatic nitrogens is 1. The molecule has 0 radical (unpaired) electrons. The van der Waals surface area contributed by atoms with Crippen LogP contribution in [0, 0.1) is 0 Å². The van der Waals surface area contributed by atoms with Crippen LogP contribution in [-0.2, 0) is 19.4 Å². The minimum atomic E-state index is -3.17. The number of halogens is 4. The van der Waals surface area contributed by atoms with E-state index >= 15 is 0 Å². The van der Waals surface area contributed by atoms with Gasteiger partial charge in [-0.25, -0.2) is 31.0 Å². The number of hydrogen-bond acceptors (Lipinski definition) is 8. The highest BCUT2D eigenvalue weighted by molar-refractivity contribution is 7.91. The zero-order valence-electron chi connectivity index (χ0n) is 23.6. The largest absolute Gasteiger partial charge is 0.365 e. The van der Waals surface area contributed by atoms with Crippen molar-refractivity contribution < 1.29 is 35.6 Å². The van der Waals surface area contributed by atoms with Crippen LogP contribution in [0.1, 0.15) is 76.8 Å². The Morgan fingerprint density at radius 1 is 1.21 bits per heavy atom. The number of rotatable bonds is 9. The van der Waals surface area contributed by atoms with Crippen molar-refractivity contribution in [3.8, 4) is 0 Å². The van der Waals surface area contributed by atoms with Crippen LogP contribution in [0.5, 0.6) is 0 Å². The number of amides is 2. The van der Waals surface area contributed by atoms with Crippen molar-refractivity contribution in [2.24, 2.45) is 4.99 Å². The summed E-state index contributed by atoms with van der Waals surface area (Å²) in [6, 6.07) is -1.90. The molecule has 0 aromatic carbocycles. The molecule has 3 heterocycles. The number of sulfone groups is 1. The zero-order valence-corrected chi connectivity index (χ0v) is 25.3. The van der Waals surface area contributed by atoms with Crippen LogP contribution in [0.15, 0.2) is 17.3 Å². The summed E-state index contributed by atoms with van der Waals surface area (Å²) < 4.78 is 80.4. The van der Waals surface area contributed by atoms with Crippen LogP contribution < -0.4 is 10.6 Å². The molecule has 1 unspecified atom stereocenters. The molecule has 2 aliphatic heterocycles. The fourth-order valence-electron chi connectivity index (χ4n) is 5.48. The molecule has 1 aliphatic carbocycles. The van der Waals surface area contributed by atoms with Crippen molar-refractivity contribution in [2.75, 3.05) is 23.4 Å². The van der Waals surface area contributed by atoms with Gasteiger partial charge >= 0.3 is 0 Å². The maximum atomic E-state index is 14.3. The molecule has 2 N–H and O–H groups in total. The van der Waals surface area contributed by atoms with Gasteiger partial charge in [0.2, 0.25) is 0 Å². The van der Waals surface area contributed by atoms with E-state index in [0.29, 0.717) is 0 Å². The topological polar surface area (TPSA) is 121 Å². The number of carbonyl (C=O) groups excluding carboxylic acids is 2. The van der Waals surface area contributed by atoms with E-state index in [1.54, 1.807) is 0 Å². The second-order valence-electron chi connectivity index (χ2n) is 11.8. The molecule has 9 nitrogen and oxygen atoms in total. The van der Waals surface area contributed by atoms with E-state index in [1.165, 1.54) is 13.8 Å². The van der Waals surface area contributed by atoms with Crippen LogP contribution in [0.4, 0.5) is 23.4 Å². The summed E-state index contributed by atoms with van der Waals surface area (Å²) in [6.45, 7) is 3.78. The van der Waals surface area contributed by atoms with Gasteiger partial charge in [0, 0.05) is 41.4 Å². The Balaban J connectivity index is 1.64. The van der Waals surface area contributed by atoms with E-state index in [2.05, 4.69) is 20.6 Å². The first-order chi connectivity index (χ1) is 19.5. The highest BCUT2D eigenvalue weighted by Gasteiger charge is 2.47. The predicted molar refractivity (Wildman–Crippen MR) is 154 cm³/mol. The van der Waals surface area contributed by atoms with E-state index in [-0.39, 0.29) is 51.8 Å². The molecule has 1 saturated carbocycles. The lowest BCUT2D eigenvalue weighted by Gasteiger charge is -2.39. The van der Waals surface area contributed by atoms with E-state index in [1.807, 2.05) is 6.92 Å². The fraction of sp³-hybridized carbons (Fsp3) is 0.667. The number of pyridine rings is 1. The average molecular weight is 634 g/mol. The number of thiocarbonyl (C=S) groups is 1. The Morgan fingerprint density at radius 3 is 2.38 bits per heavy atom. The van der Waals surface area contributed by atoms with Gasteiger partial charge in [0.1, 0.15) is 15.7 Å². The van der Waals surface area contributed by atoms with Crippen molar-refractivity contribution >= 4 is 50.3 Å². The molecule has 232 valence electrons. The molecule has 3 aliphatic rings. The summed E-state index contributed by atoms with van der Waals surface area (Å²) in [5.41, 5.74) is -1.25. The molecule has 1 aromatic rings. The lowest BCUT2D eigenvalue weighted by atomic mass is 9.78. The predicted octanol–water partition coefficient (Wildman–Crippen LogP) is 3.87. The lowest BCUT2D eigenvalue weighted by Crippen LogP contribution is -2.46. The van der Waals surface area contributed by atoms with Crippen molar-refractivity contribution in [3.05, 3.63) is 23.4 Å². The summed E-state index contributed by atoms with van der Waals surface area (Å²) in [6.07, 6.45) is 0.616. The first-order valence-electron chi connectivity index (χ1n) is 13.8. The van der Waals surface area contributed by atoms with Crippen molar-refractivity contribution in [1.29, 1.82) is 0 Å². The minimum absolute atomic E-state index is 0.0895. The van der Waals surface area contributed by atoms with Gasteiger partial charge in [-0.3, -0.25) is 14.6 Å². The Labute approximate surface area is 247 Å². The third kappa shape index (κ3) is 7.44. The summed E-state index contributed by atoms with van der Waals surface area (Å²) >= 11 is 5.50. The quantitative estimate of drug-likeness (QED) is 0.183. The van der Waals surface area contributed by atoms with Gasteiger partial charge in [-0.1, -0.05) is 12.2 Å². The van der Waals surface area contributed by atoms with Crippen LogP contribution in [0.2, 0.25) is 0 Å². The summed E-state index contributed by atoms with van der Waals surface area (Å²) in [5.74, 6) is -4.77. The number of anilines is 1. The Hall–Kier alpha value is -2.68. The third-order valence-electron chi connectivity index (χ3n) is 8.16. The number of alkyl halides is 4. The average Bonchev–Trinajstić information content (AvgIpc) is 3.18. The first kappa shape index (κ1) is 32.2. The molecule has 15 heteroatoms. The highest BCUT2D eigenvalue weighted by atomic mass is 32.2. The van der Waals surface area contributed by atoms with Gasteiger partial charge < -0.3 is 15.5 Å². The first-order valence-corrected chi connectivity index (χ1v) is 16.1. The number of hydrogen-bond donors (Lipinski definition) is 2. The van der Waals surface area contributed by atoms with Crippen molar-refractivity contribution in [1.82, 2.24) is 15.2 Å². The van der Waals surface area contributed by atoms with Crippen LogP contribution >= 0.6 is 12.2 Å². The number of likely N-dealkylation sites (tertiary alicyclic amines) is 1. The molecule has 0 spiro atoms. The number of aliphatic imine (C=N–C) groups is 1. The summed E-state index contributed by atoms with van der Waals surface area (Å²) in [4.78, 5) is 35.6. The van der Waals surface area contributed by atoms with E-state index in [0.717, 1.165) is 36.4 Å². The van der Waals surface area contributed by atoms with Crippen LogP contribution in [0.25, 0.3) is 0 Å². The maximum Gasteiger partial charge on any atom is 0.267 e. The molecule has 3 fully saturated rings. The number of nitrogens with zero attached hydrogens (tertiary/aromatic N) is 3. The van der Waals surface area contributed by atoms with Gasteiger partial charge in [0.05, 0.1) is 28.6 Å². The normalized spacial score (nSPS) is 24.1. The van der Waals surface area contributed by atoms with Gasteiger partial charge in [-0.05, 0) is 58.9 Å². The molecule has 0 bridgehead atoms. The Morgan fingerprint density at radius 2 is 1.86 bits per heavy atom. The monoisotopic (exact) mass is 633 g/mol. The Kier molecular flexibility index (Phi) is 9.31. The Bertz CT molecular complexity index is 1370. The summed E-state index contributed by atoms with van der Waals surface area (Å²) in [7, 11) is -3.17. The minimum Gasteiger partial charge on any atom is -0.365 e. The van der Waals surface area contributed by atoms with Crippen LogP contribution in [0.3, 0.4) is 0 Å². The number of carbonyl (C=O) groups is 2. The second-order valence-corrected chi connectivity index (χ2v) is 14.5. The van der Waals surface area contributed by atoms with Gasteiger partial charge in [-0.2, -0.15) is 0 Å². The van der Waals surface area contributed by atoms with Gasteiger partial charge in [0.15, 0.2) is 6.04 Å². The van der Waals surface area contributed by atoms with E-state index < -0.39 is 70.7 Å². The molecule has 2 atom stereocenters. The van der Waals surface area contributed by atoms with Crippen LogP contribution in [-0.4, -0.2) is 88.3 Å². The molecular formula is C27H35F4N5O4S2. The molecular weight excluding hydrogens is 598 g/mol. The zero-order chi connectivity index (χ0) is 31.0. The standard InChI is InChI=1S/C27H35F4N5O4S2/c1-15-12-27(30,31)14-36(15)25(38)21(33-16(2)24(37)34-17-5-9-42(39,40)10-6-17)22(41)19-13-32-20(11-18(19)23(28)29)35-26(3)7-4-8-26/h11,13,15,17,21,23H,4-10,12,14H2,1-3H3,(H,32,35)(H,34,37)/b33-16+/t15-,21?/m0/s1. The maximum absolute atomic E-state index is 14.3. The second kappa shape index (κ2) is 12.1.